The zero-order valence-electron chi connectivity index (χ0n) is 13.9. The molecule has 3 rings (SSSR count). The molecule has 0 spiro atoms. The van der Waals surface area contributed by atoms with E-state index in [4.69, 9.17) is 0 Å². The number of urea groups is 1. The molecule has 28 heavy (non-hydrogen) atoms. The van der Waals surface area contributed by atoms with Gasteiger partial charge in [-0.05, 0) is 42.5 Å². The van der Waals surface area contributed by atoms with Crippen molar-refractivity contribution in [1.82, 2.24) is 5.32 Å². The van der Waals surface area contributed by atoms with Crippen LogP contribution in [0.15, 0.2) is 53.5 Å². The highest BCUT2D eigenvalue weighted by Crippen LogP contribution is 2.32. The van der Waals surface area contributed by atoms with Crippen LogP contribution in [0.2, 0.25) is 0 Å². The van der Waals surface area contributed by atoms with Crippen molar-refractivity contribution in [2.75, 3.05) is 4.90 Å². The number of benzene rings is 2. The predicted molar refractivity (Wildman–Crippen MR) is 90.5 cm³/mol. The lowest BCUT2D eigenvalue weighted by Gasteiger charge is -2.28. The third-order valence-electron chi connectivity index (χ3n) is 3.83. The number of nitrogens with zero attached hydrogens (tertiary/aromatic N) is 2. The first-order valence-electron chi connectivity index (χ1n) is 7.82. The number of alkyl halides is 3. The Morgan fingerprint density at radius 2 is 1.71 bits per heavy atom. The molecule has 1 fully saturated rings. The van der Waals surface area contributed by atoms with Gasteiger partial charge in [0.25, 0.3) is 5.91 Å². The summed E-state index contributed by atoms with van der Waals surface area (Å²) in [5, 5.41) is 1.91. The average Bonchev–Trinajstić information content (AvgIpc) is 2.62. The van der Waals surface area contributed by atoms with Gasteiger partial charge in [-0.1, -0.05) is 6.07 Å². The summed E-state index contributed by atoms with van der Waals surface area (Å²) in [6.45, 7) is 0. The molecule has 1 N–H and O–H groups in total. The first kappa shape index (κ1) is 19.2. The number of barbiturate groups is 1. The third-order valence-corrected chi connectivity index (χ3v) is 3.83. The molecule has 0 saturated carbocycles. The fourth-order valence-electron chi connectivity index (χ4n) is 2.48. The van der Waals surface area contributed by atoms with Crippen LogP contribution >= 0.6 is 0 Å². The zero-order valence-corrected chi connectivity index (χ0v) is 13.9. The summed E-state index contributed by atoms with van der Waals surface area (Å²) in [5.74, 6) is -4.08. The van der Waals surface area contributed by atoms with E-state index in [-0.39, 0.29) is 11.4 Å². The molecule has 1 heterocycles. The minimum atomic E-state index is -4.68. The number of imide groups is 2. The molecular formula is C18H11F4N3O3. The van der Waals surface area contributed by atoms with Gasteiger partial charge in [-0.25, -0.2) is 14.1 Å². The van der Waals surface area contributed by atoms with Crippen LogP contribution in [0.5, 0.6) is 0 Å². The number of hydrogen-bond donors (Lipinski definition) is 1. The smallest absolute Gasteiger partial charge is 0.276 e. The van der Waals surface area contributed by atoms with E-state index in [9.17, 15) is 31.9 Å². The number of carbonyl (C=O) groups excluding carboxylic acids is 3. The Morgan fingerprint density at radius 3 is 2.36 bits per heavy atom. The lowest BCUT2D eigenvalue weighted by atomic mass is 10.1. The van der Waals surface area contributed by atoms with Crippen LogP contribution in [-0.2, 0) is 15.8 Å². The predicted octanol–water partition coefficient (Wildman–Crippen LogP) is 3.45. The standard InChI is InChI=1S/C18H11F4N3O3/c19-11-4-6-12(7-5-11)23-9-14-15(26)24-17(28)25(16(14)27)13-3-1-2-10(8-13)18(20,21)22/h1-9,14H,(H,24,26,28)/t14-/m1/s1. The van der Waals surface area contributed by atoms with E-state index in [0.29, 0.717) is 11.0 Å². The Morgan fingerprint density at radius 1 is 1.04 bits per heavy atom. The van der Waals surface area contributed by atoms with Gasteiger partial charge in [-0.2, -0.15) is 13.2 Å². The quantitative estimate of drug-likeness (QED) is 0.493. The highest BCUT2D eigenvalue weighted by Gasteiger charge is 2.41. The number of aliphatic imine (C=N–C) groups is 1. The lowest BCUT2D eigenvalue weighted by molar-refractivity contribution is -0.138. The molecule has 2 aromatic carbocycles. The number of nitrogens with one attached hydrogen (secondary N) is 1. The Hall–Kier alpha value is -3.56. The monoisotopic (exact) mass is 393 g/mol. The topological polar surface area (TPSA) is 78.8 Å². The van der Waals surface area contributed by atoms with E-state index in [1.807, 2.05) is 5.32 Å². The molecule has 10 heteroatoms. The van der Waals surface area contributed by atoms with Gasteiger partial charge in [-0.3, -0.25) is 19.9 Å². The van der Waals surface area contributed by atoms with Crippen LogP contribution in [-0.4, -0.2) is 24.1 Å². The molecule has 1 aliphatic heterocycles. The summed E-state index contributed by atoms with van der Waals surface area (Å²) in [5.41, 5.74) is -1.16. The number of rotatable bonds is 3. The van der Waals surface area contributed by atoms with Crippen molar-refractivity contribution in [2.24, 2.45) is 10.9 Å². The van der Waals surface area contributed by atoms with Gasteiger partial charge >= 0.3 is 12.2 Å². The molecule has 0 unspecified atom stereocenters. The number of carbonyl (C=O) groups is 3. The highest BCUT2D eigenvalue weighted by molar-refractivity contribution is 6.32. The van der Waals surface area contributed by atoms with Crippen LogP contribution in [0.3, 0.4) is 0 Å². The molecule has 144 valence electrons. The minimum absolute atomic E-state index is 0.240. The van der Waals surface area contributed by atoms with Gasteiger partial charge < -0.3 is 0 Å². The Labute approximate surface area is 155 Å². The molecule has 1 atom stereocenters. The van der Waals surface area contributed by atoms with Crippen molar-refractivity contribution >= 4 is 35.4 Å². The second kappa shape index (κ2) is 7.22. The summed E-state index contributed by atoms with van der Waals surface area (Å²) in [6, 6.07) is 7.26. The Bertz CT molecular complexity index is 971. The van der Waals surface area contributed by atoms with Gasteiger partial charge in [0.2, 0.25) is 5.91 Å². The maximum absolute atomic E-state index is 12.9. The fourth-order valence-corrected chi connectivity index (χ4v) is 2.48. The number of anilines is 1. The van der Waals surface area contributed by atoms with Crippen molar-refractivity contribution in [3.8, 4) is 0 Å². The molecule has 0 bridgehead atoms. The molecule has 1 saturated heterocycles. The van der Waals surface area contributed by atoms with Crippen molar-refractivity contribution in [2.45, 2.75) is 6.18 Å². The Balaban J connectivity index is 1.91. The average molecular weight is 393 g/mol. The van der Waals surface area contributed by atoms with E-state index in [2.05, 4.69) is 4.99 Å². The Kier molecular flexibility index (Phi) is 4.95. The van der Waals surface area contributed by atoms with Crippen LogP contribution in [0, 0.1) is 11.7 Å². The molecule has 0 aliphatic carbocycles. The maximum Gasteiger partial charge on any atom is 0.416 e. The first-order chi connectivity index (χ1) is 13.2. The second-order valence-electron chi connectivity index (χ2n) is 5.75. The number of hydrogen-bond acceptors (Lipinski definition) is 4. The molecule has 2 aromatic rings. The van der Waals surface area contributed by atoms with E-state index in [1.165, 1.54) is 12.1 Å². The van der Waals surface area contributed by atoms with Crippen LogP contribution in [0.1, 0.15) is 5.56 Å². The summed E-state index contributed by atoms with van der Waals surface area (Å²) in [4.78, 5) is 41.0. The van der Waals surface area contributed by atoms with Gasteiger partial charge in [0.1, 0.15) is 5.82 Å². The number of amides is 4. The van der Waals surface area contributed by atoms with Crippen LogP contribution in [0.4, 0.5) is 33.7 Å². The summed E-state index contributed by atoms with van der Waals surface area (Å²) in [6.07, 6.45) is -3.73. The van der Waals surface area contributed by atoms with E-state index in [0.717, 1.165) is 36.5 Å². The van der Waals surface area contributed by atoms with E-state index >= 15 is 0 Å². The summed E-state index contributed by atoms with van der Waals surface area (Å²) < 4.78 is 51.6. The van der Waals surface area contributed by atoms with Crippen molar-refractivity contribution in [3.05, 3.63) is 59.9 Å². The molecular weight excluding hydrogens is 382 g/mol. The van der Waals surface area contributed by atoms with Crippen LogP contribution in [0.25, 0.3) is 0 Å². The zero-order chi connectivity index (χ0) is 20.5. The summed E-state index contributed by atoms with van der Waals surface area (Å²) >= 11 is 0. The normalized spacial score (nSPS) is 17.9. The first-order valence-corrected chi connectivity index (χ1v) is 7.82. The lowest BCUT2D eigenvalue weighted by Crippen LogP contribution is -2.58. The minimum Gasteiger partial charge on any atom is -0.276 e. The maximum atomic E-state index is 12.9. The van der Waals surface area contributed by atoms with Crippen molar-refractivity contribution in [1.29, 1.82) is 0 Å². The molecule has 4 amide bonds. The van der Waals surface area contributed by atoms with Crippen LogP contribution < -0.4 is 10.2 Å². The highest BCUT2D eigenvalue weighted by atomic mass is 19.4. The largest absolute Gasteiger partial charge is 0.416 e. The van der Waals surface area contributed by atoms with E-state index < -0.39 is 41.3 Å². The van der Waals surface area contributed by atoms with Crippen molar-refractivity contribution < 1.29 is 31.9 Å². The van der Waals surface area contributed by atoms with Gasteiger partial charge in [0.05, 0.1) is 16.9 Å². The van der Waals surface area contributed by atoms with Crippen molar-refractivity contribution in [3.63, 3.8) is 0 Å². The molecule has 0 radical (unpaired) electrons. The van der Waals surface area contributed by atoms with Gasteiger partial charge in [0.15, 0.2) is 5.92 Å². The molecule has 1 aliphatic rings. The third kappa shape index (κ3) is 3.90. The summed E-state index contributed by atoms with van der Waals surface area (Å²) in [7, 11) is 0. The second-order valence-corrected chi connectivity index (χ2v) is 5.75. The SMILES string of the molecule is O=C1NC(=O)N(c2cccc(C(F)(F)F)c2)C(=O)[C@@H]1C=Nc1ccc(F)cc1. The number of halogens is 4. The van der Waals surface area contributed by atoms with Gasteiger partial charge in [0, 0.05) is 6.21 Å². The van der Waals surface area contributed by atoms with Gasteiger partial charge in [-0.15, -0.1) is 0 Å². The van der Waals surface area contributed by atoms with E-state index in [1.54, 1.807) is 0 Å². The molecule has 0 aromatic heterocycles. The fraction of sp³-hybridized carbons (Fsp3) is 0.111. The molecule has 6 nitrogen and oxygen atoms in total.